The van der Waals surface area contributed by atoms with Gasteiger partial charge in [-0.1, -0.05) is 32.6 Å². The van der Waals surface area contributed by atoms with Crippen molar-refractivity contribution in [3.8, 4) is 0 Å². The van der Waals surface area contributed by atoms with Crippen molar-refractivity contribution >= 4 is 11.9 Å². The maximum absolute atomic E-state index is 13.6. The number of alkyl halides is 1. The number of aliphatic imine (C=N–C) groups is 1. The van der Waals surface area contributed by atoms with Crippen LogP contribution in [0.4, 0.5) is 4.39 Å². The molecule has 6 atom stereocenters. The van der Waals surface area contributed by atoms with Crippen LogP contribution in [-0.2, 0) is 9.53 Å². The summed E-state index contributed by atoms with van der Waals surface area (Å²) in [4.78, 5) is 18.1. The second kappa shape index (κ2) is 12.6. The third-order valence-corrected chi connectivity index (χ3v) is 8.86. The van der Waals surface area contributed by atoms with E-state index in [4.69, 9.17) is 9.73 Å². The average molecular weight is 480 g/mol. The number of ether oxygens (including phenoxy) is 1. The summed E-state index contributed by atoms with van der Waals surface area (Å²) in [6, 6.07) is 0.320. The predicted molar refractivity (Wildman–Crippen MR) is 133 cm³/mol. The first-order valence-corrected chi connectivity index (χ1v) is 13.8. The van der Waals surface area contributed by atoms with E-state index in [0.29, 0.717) is 42.6 Å². The Labute approximate surface area is 204 Å². The van der Waals surface area contributed by atoms with Crippen molar-refractivity contribution < 1.29 is 13.9 Å². The van der Waals surface area contributed by atoms with Crippen LogP contribution in [0, 0.1) is 23.7 Å². The van der Waals surface area contributed by atoms with Crippen molar-refractivity contribution in [2.75, 3.05) is 13.7 Å². The highest BCUT2D eigenvalue weighted by atomic mass is 19.1. The summed E-state index contributed by atoms with van der Waals surface area (Å²) in [7, 11) is 1.74. The molecule has 0 spiro atoms. The molecule has 0 aromatic heterocycles. The van der Waals surface area contributed by atoms with Crippen molar-refractivity contribution in [2.45, 2.75) is 115 Å². The van der Waals surface area contributed by atoms with E-state index in [0.717, 1.165) is 51.5 Å². The Hall–Kier alpha value is -1.25. The van der Waals surface area contributed by atoms with Crippen LogP contribution in [0.1, 0.15) is 90.4 Å². The number of amides is 1. The minimum atomic E-state index is -0.631. The number of carbonyl (C=O) groups is 1. The molecule has 1 heterocycles. The number of methoxy groups -OCH3 is 1. The first-order valence-electron chi connectivity index (χ1n) is 13.8. The summed E-state index contributed by atoms with van der Waals surface area (Å²) < 4.78 is 19.1. The average Bonchev–Trinajstić information content (AvgIpc) is 3.32. The highest BCUT2D eigenvalue weighted by molar-refractivity contribution is 5.98. The standard InChI is InChI=1S/C26H46FN5O2/c1-17-6-3-4-7-20(17)16-28-26(30-25(33)19-8-5-9-22(14-19)34-2)29-24-15-23(31-32-24)18-10-12-21(27)13-11-18/h17-24,31-32H,3-16H2,1-2H3,(H2,28,29,30,33). The van der Waals surface area contributed by atoms with Crippen LogP contribution in [0.3, 0.4) is 0 Å². The highest BCUT2D eigenvalue weighted by Crippen LogP contribution is 2.32. The summed E-state index contributed by atoms with van der Waals surface area (Å²) in [6.45, 7) is 3.08. The predicted octanol–water partition coefficient (Wildman–Crippen LogP) is 3.80. The number of nitrogens with one attached hydrogen (secondary N) is 4. The molecule has 6 unspecified atom stereocenters. The largest absolute Gasteiger partial charge is 0.381 e. The second-order valence-corrected chi connectivity index (χ2v) is 11.3. The maximum Gasteiger partial charge on any atom is 0.229 e. The van der Waals surface area contributed by atoms with Crippen LogP contribution in [0.2, 0.25) is 0 Å². The Morgan fingerprint density at radius 3 is 2.56 bits per heavy atom. The van der Waals surface area contributed by atoms with Gasteiger partial charge in [0.2, 0.25) is 5.91 Å². The van der Waals surface area contributed by atoms with E-state index < -0.39 is 6.17 Å². The van der Waals surface area contributed by atoms with E-state index in [2.05, 4.69) is 28.4 Å². The van der Waals surface area contributed by atoms with Gasteiger partial charge >= 0.3 is 0 Å². The number of halogens is 1. The highest BCUT2D eigenvalue weighted by Gasteiger charge is 2.34. The number of hydrogen-bond donors (Lipinski definition) is 4. The smallest absolute Gasteiger partial charge is 0.229 e. The molecule has 4 aliphatic rings. The van der Waals surface area contributed by atoms with Crippen LogP contribution in [-0.4, -0.2) is 50.0 Å². The number of guanidine groups is 1. The summed E-state index contributed by atoms with van der Waals surface area (Å²) in [5, 5.41) is 6.62. The summed E-state index contributed by atoms with van der Waals surface area (Å²) in [5.74, 6) is 2.36. The molecule has 7 nitrogen and oxygen atoms in total. The normalized spacial score (nSPS) is 39.6. The molecule has 4 fully saturated rings. The molecule has 194 valence electrons. The zero-order chi connectivity index (χ0) is 23.9. The van der Waals surface area contributed by atoms with Gasteiger partial charge in [-0.25, -0.2) is 9.82 Å². The monoisotopic (exact) mass is 479 g/mol. The quantitative estimate of drug-likeness (QED) is 0.344. The van der Waals surface area contributed by atoms with Crippen LogP contribution >= 0.6 is 0 Å². The van der Waals surface area contributed by atoms with E-state index in [1.54, 1.807) is 7.11 Å². The SMILES string of the molecule is COC1CCCC(C(=O)NC(=NCC2CCCCC2C)NC2CC(C3CCC(F)CC3)NN2)C1. The number of rotatable bonds is 6. The van der Waals surface area contributed by atoms with Gasteiger partial charge in [0.25, 0.3) is 0 Å². The molecule has 8 heteroatoms. The molecule has 0 radical (unpaired) electrons. The van der Waals surface area contributed by atoms with E-state index in [9.17, 15) is 9.18 Å². The Kier molecular flexibility index (Phi) is 9.60. The van der Waals surface area contributed by atoms with Crippen molar-refractivity contribution in [1.82, 2.24) is 21.5 Å². The maximum atomic E-state index is 13.6. The van der Waals surface area contributed by atoms with Gasteiger partial charge in [-0.2, -0.15) is 0 Å². The number of nitrogens with zero attached hydrogens (tertiary/aromatic N) is 1. The fraction of sp³-hybridized carbons (Fsp3) is 0.923. The molecule has 4 N–H and O–H groups in total. The lowest BCUT2D eigenvalue weighted by atomic mass is 9.80. The first-order chi connectivity index (χ1) is 16.5. The topological polar surface area (TPSA) is 86.8 Å². The van der Waals surface area contributed by atoms with Crippen molar-refractivity contribution in [2.24, 2.45) is 28.7 Å². The Balaban J connectivity index is 1.36. The zero-order valence-electron chi connectivity index (χ0n) is 21.2. The summed E-state index contributed by atoms with van der Waals surface area (Å²) >= 11 is 0. The number of carbonyl (C=O) groups excluding carboxylic acids is 1. The van der Waals surface area contributed by atoms with Gasteiger partial charge in [-0.3, -0.25) is 20.5 Å². The van der Waals surface area contributed by atoms with Gasteiger partial charge in [0.05, 0.1) is 12.3 Å². The number of hydrogen-bond acceptors (Lipinski definition) is 5. The van der Waals surface area contributed by atoms with E-state index in [-0.39, 0.29) is 24.1 Å². The van der Waals surface area contributed by atoms with Crippen molar-refractivity contribution in [3.63, 3.8) is 0 Å². The summed E-state index contributed by atoms with van der Waals surface area (Å²) in [5.41, 5.74) is 6.77. The van der Waals surface area contributed by atoms with Crippen LogP contribution in [0.15, 0.2) is 4.99 Å². The molecule has 1 saturated heterocycles. The Morgan fingerprint density at radius 1 is 1.00 bits per heavy atom. The number of hydrazine groups is 1. The van der Waals surface area contributed by atoms with Gasteiger partial charge in [-0.05, 0) is 75.5 Å². The zero-order valence-corrected chi connectivity index (χ0v) is 21.2. The van der Waals surface area contributed by atoms with Crippen LogP contribution in [0.5, 0.6) is 0 Å². The molecule has 0 aromatic rings. The minimum Gasteiger partial charge on any atom is -0.381 e. The summed E-state index contributed by atoms with van der Waals surface area (Å²) in [6.07, 6.45) is 12.5. The van der Waals surface area contributed by atoms with Crippen molar-refractivity contribution in [3.05, 3.63) is 0 Å². The Morgan fingerprint density at radius 2 is 1.79 bits per heavy atom. The molecule has 0 bridgehead atoms. The van der Waals surface area contributed by atoms with Crippen LogP contribution in [0.25, 0.3) is 0 Å². The molecule has 0 aromatic carbocycles. The fourth-order valence-electron chi connectivity index (χ4n) is 6.44. The lowest BCUT2D eigenvalue weighted by molar-refractivity contribution is -0.126. The second-order valence-electron chi connectivity index (χ2n) is 11.3. The third-order valence-electron chi connectivity index (χ3n) is 8.86. The fourth-order valence-corrected chi connectivity index (χ4v) is 6.44. The van der Waals surface area contributed by atoms with Gasteiger partial charge in [-0.15, -0.1) is 0 Å². The first kappa shape index (κ1) is 25.8. The Bertz CT molecular complexity index is 684. The van der Waals surface area contributed by atoms with Gasteiger partial charge in [0, 0.05) is 25.6 Å². The van der Waals surface area contributed by atoms with E-state index >= 15 is 0 Å². The van der Waals surface area contributed by atoms with Gasteiger partial charge < -0.3 is 10.1 Å². The molecule has 4 rings (SSSR count). The molecule has 1 aliphatic heterocycles. The lowest BCUT2D eigenvalue weighted by Crippen LogP contribution is -2.52. The molecule has 3 saturated carbocycles. The molecular formula is C26H46FN5O2. The lowest BCUT2D eigenvalue weighted by Gasteiger charge is -2.29. The molecular weight excluding hydrogens is 433 g/mol. The van der Waals surface area contributed by atoms with Gasteiger partial charge in [0.1, 0.15) is 6.17 Å². The van der Waals surface area contributed by atoms with E-state index in [1.165, 1.54) is 25.7 Å². The van der Waals surface area contributed by atoms with Crippen molar-refractivity contribution in [1.29, 1.82) is 0 Å². The molecule has 1 amide bonds. The molecule has 3 aliphatic carbocycles. The van der Waals surface area contributed by atoms with E-state index in [1.807, 2.05) is 0 Å². The minimum absolute atomic E-state index is 0.00555. The van der Waals surface area contributed by atoms with Crippen LogP contribution < -0.4 is 21.5 Å². The molecule has 34 heavy (non-hydrogen) atoms. The van der Waals surface area contributed by atoms with Gasteiger partial charge in [0.15, 0.2) is 5.96 Å². The third kappa shape index (κ3) is 7.14.